The summed E-state index contributed by atoms with van der Waals surface area (Å²) in [5.74, 6) is 1.35. The standard InChI is InChI=1S/C22H28BrNO5S2/c1-5-28-19(25)7-6-9-24-21(26)18(31-22(24)30)13-15-11-16(23)20(17(12-15)27-4)29-10-8-14(2)3/h11-14H,5-10H2,1-4H3/b18-13+. The first-order chi connectivity index (χ1) is 14.8. The zero-order chi connectivity index (χ0) is 23.0. The van der Waals surface area contributed by atoms with E-state index in [0.717, 1.165) is 16.5 Å². The first-order valence-electron chi connectivity index (χ1n) is 10.2. The summed E-state index contributed by atoms with van der Waals surface area (Å²) in [6, 6.07) is 3.73. The SMILES string of the molecule is CCOC(=O)CCCN1C(=O)/C(=C\c2cc(Br)c(OCCC(C)C)c(OC)c2)SC1=S. The zero-order valence-electron chi connectivity index (χ0n) is 18.2. The molecule has 0 saturated carbocycles. The molecule has 1 aliphatic rings. The summed E-state index contributed by atoms with van der Waals surface area (Å²) in [6.07, 6.45) is 3.48. The Hall–Kier alpha value is -1.58. The highest BCUT2D eigenvalue weighted by Crippen LogP contribution is 2.39. The summed E-state index contributed by atoms with van der Waals surface area (Å²) in [6.45, 7) is 7.38. The number of carbonyl (C=O) groups excluding carboxylic acids is 2. The van der Waals surface area contributed by atoms with E-state index in [4.69, 9.17) is 26.4 Å². The minimum absolute atomic E-state index is 0.161. The van der Waals surface area contributed by atoms with Crippen molar-refractivity contribution in [2.24, 2.45) is 5.92 Å². The molecule has 0 spiro atoms. The Morgan fingerprint density at radius 3 is 2.74 bits per heavy atom. The van der Waals surface area contributed by atoms with Crippen LogP contribution in [-0.4, -0.2) is 48.0 Å². The molecule has 1 aliphatic heterocycles. The normalized spacial score (nSPS) is 15.2. The van der Waals surface area contributed by atoms with Crippen molar-refractivity contribution in [2.75, 3.05) is 26.9 Å². The molecule has 0 aromatic heterocycles. The lowest BCUT2D eigenvalue weighted by Crippen LogP contribution is -2.29. The van der Waals surface area contributed by atoms with Crippen molar-refractivity contribution in [3.8, 4) is 11.5 Å². The Labute approximate surface area is 201 Å². The van der Waals surface area contributed by atoms with Crippen LogP contribution in [0.1, 0.15) is 45.6 Å². The van der Waals surface area contributed by atoms with E-state index in [9.17, 15) is 9.59 Å². The first-order valence-corrected chi connectivity index (χ1v) is 12.2. The molecule has 1 aromatic rings. The molecule has 0 bridgehead atoms. The number of amides is 1. The van der Waals surface area contributed by atoms with Gasteiger partial charge in [0.2, 0.25) is 0 Å². The van der Waals surface area contributed by atoms with Crippen LogP contribution in [0.25, 0.3) is 6.08 Å². The molecule has 2 rings (SSSR count). The van der Waals surface area contributed by atoms with Gasteiger partial charge in [0.15, 0.2) is 11.5 Å². The Balaban J connectivity index is 2.10. The number of rotatable bonds is 11. The molecule has 9 heteroatoms. The van der Waals surface area contributed by atoms with Gasteiger partial charge in [-0.15, -0.1) is 0 Å². The third-order valence-corrected chi connectivity index (χ3v) is 6.40. The van der Waals surface area contributed by atoms with E-state index in [2.05, 4.69) is 29.8 Å². The second-order valence-electron chi connectivity index (χ2n) is 7.31. The lowest BCUT2D eigenvalue weighted by Gasteiger charge is -2.15. The number of halogens is 1. The van der Waals surface area contributed by atoms with Gasteiger partial charge >= 0.3 is 5.97 Å². The maximum Gasteiger partial charge on any atom is 0.305 e. The Bertz CT molecular complexity index is 857. The fourth-order valence-corrected chi connectivity index (χ4v) is 4.70. The van der Waals surface area contributed by atoms with E-state index in [1.54, 1.807) is 20.1 Å². The van der Waals surface area contributed by atoms with Crippen LogP contribution in [-0.2, 0) is 14.3 Å². The van der Waals surface area contributed by atoms with Crippen molar-refractivity contribution in [3.63, 3.8) is 0 Å². The zero-order valence-corrected chi connectivity index (χ0v) is 21.5. The summed E-state index contributed by atoms with van der Waals surface area (Å²) >= 11 is 10.2. The first kappa shape index (κ1) is 25.7. The van der Waals surface area contributed by atoms with Gasteiger partial charge < -0.3 is 14.2 Å². The molecule has 170 valence electrons. The lowest BCUT2D eigenvalue weighted by atomic mass is 10.1. The molecule has 0 unspecified atom stereocenters. The van der Waals surface area contributed by atoms with Crippen molar-refractivity contribution in [2.45, 2.75) is 40.0 Å². The highest BCUT2D eigenvalue weighted by atomic mass is 79.9. The summed E-state index contributed by atoms with van der Waals surface area (Å²) < 4.78 is 17.6. The van der Waals surface area contributed by atoms with Crippen LogP contribution in [0.15, 0.2) is 21.5 Å². The number of nitrogens with zero attached hydrogens (tertiary/aromatic N) is 1. The van der Waals surface area contributed by atoms with Gasteiger partial charge in [0.25, 0.3) is 5.91 Å². The molecule has 1 amide bonds. The second kappa shape index (κ2) is 12.5. The molecule has 0 atom stereocenters. The number of benzene rings is 1. The Morgan fingerprint density at radius 1 is 1.35 bits per heavy atom. The quantitative estimate of drug-likeness (QED) is 0.215. The summed E-state index contributed by atoms with van der Waals surface area (Å²) in [4.78, 5) is 26.4. The number of methoxy groups -OCH3 is 1. The van der Waals surface area contributed by atoms with Crippen LogP contribution >= 0.6 is 39.9 Å². The third-order valence-electron chi connectivity index (χ3n) is 4.43. The molecule has 31 heavy (non-hydrogen) atoms. The summed E-state index contributed by atoms with van der Waals surface area (Å²) in [7, 11) is 1.59. The molecule has 1 fully saturated rings. The van der Waals surface area contributed by atoms with Crippen molar-refractivity contribution < 1.29 is 23.8 Å². The molecule has 0 N–H and O–H groups in total. The second-order valence-corrected chi connectivity index (χ2v) is 9.84. The van der Waals surface area contributed by atoms with Crippen LogP contribution < -0.4 is 9.47 Å². The maximum absolute atomic E-state index is 12.8. The van der Waals surface area contributed by atoms with Crippen LogP contribution in [0.3, 0.4) is 0 Å². The highest BCUT2D eigenvalue weighted by molar-refractivity contribution is 9.10. The fourth-order valence-electron chi connectivity index (χ4n) is 2.82. The van der Waals surface area contributed by atoms with Gasteiger partial charge in [-0.25, -0.2) is 0 Å². The van der Waals surface area contributed by atoms with E-state index in [1.165, 1.54) is 16.7 Å². The average molecular weight is 531 g/mol. The molecular weight excluding hydrogens is 502 g/mol. The molecule has 1 aromatic carbocycles. The topological polar surface area (TPSA) is 65.1 Å². The lowest BCUT2D eigenvalue weighted by molar-refractivity contribution is -0.143. The van der Waals surface area contributed by atoms with Crippen LogP contribution in [0, 0.1) is 5.92 Å². The number of carbonyl (C=O) groups is 2. The summed E-state index contributed by atoms with van der Waals surface area (Å²) in [5, 5.41) is 0. The van der Waals surface area contributed by atoms with Gasteiger partial charge in [0, 0.05) is 13.0 Å². The predicted octanol–water partition coefficient (Wildman–Crippen LogP) is 5.43. The van der Waals surface area contributed by atoms with Crippen molar-refractivity contribution in [3.05, 3.63) is 27.1 Å². The van der Waals surface area contributed by atoms with Crippen molar-refractivity contribution >= 4 is 62.2 Å². The highest BCUT2D eigenvalue weighted by Gasteiger charge is 2.31. The molecule has 1 saturated heterocycles. The third kappa shape index (κ3) is 7.50. The van der Waals surface area contributed by atoms with Crippen LogP contribution in [0.4, 0.5) is 0 Å². The number of ether oxygens (including phenoxy) is 3. The van der Waals surface area contributed by atoms with Crippen molar-refractivity contribution in [1.29, 1.82) is 0 Å². The van der Waals surface area contributed by atoms with Crippen molar-refractivity contribution in [1.82, 2.24) is 4.90 Å². The Kier molecular flexibility index (Phi) is 10.3. The predicted molar refractivity (Wildman–Crippen MR) is 131 cm³/mol. The van der Waals surface area contributed by atoms with E-state index in [0.29, 0.717) is 52.8 Å². The van der Waals surface area contributed by atoms with Gasteiger partial charge in [-0.3, -0.25) is 14.5 Å². The van der Waals surface area contributed by atoms with Gasteiger partial charge in [-0.05, 0) is 65.4 Å². The smallest absolute Gasteiger partial charge is 0.305 e. The van der Waals surface area contributed by atoms with Crippen LogP contribution in [0.5, 0.6) is 11.5 Å². The Morgan fingerprint density at radius 2 is 2.10 bits per heavy atom. The van der Waals surface area contributed by atoms with Gasteiger partial charge in [0.1, 0.15) is 4.32 Å². The van der Waals surface area contributed by atoms with Gasteiger partial charge in [0.05, 0.1) is 29.7 Å². The molecule has 0 aliphatic carbocycles. The van der Waals surface area contributed by atoms with E-state index in [-0.39, 0.29) is 18.3 Å². The van der Waals surface area contributed by atoms with E-state index in [1.807, 2.05) is 12.1 Å². The fraction of sp³-hybridized carbons (Fsp3) is 0.500. The minimum Gasteiger partial charge on any atom is -0.493 e. The number of hydrogen-bond donors (Lipinski definition) is 0. The minimum atomic E-state index is -0.267. The largest absolute Gasteiger partial charge is 0.493 e. The summed E-state index contributed by atoms with van der Waals surface area (Å²) in [5.41, 5.74) is 0.798. The number of thiocarbonyl (C=S) groups is 1. The van der Waals surface area contributed by atoms with Crippen LogP contribution in [0.2, 0.25) is 0 Å². The van der Waals surface area contributed by atoms with Gasteiger partial charge in [-0.1, -0.05) is 37.8 Å². The van der Waals surface area contributed by atoms with Gasteiger partial charge in [-0.2, -0.15) is 0 Å². The average Bonchev–Trinajstić information content (AvgIpc) is 2.96. The van der Waals surface area contributed by atoms with E-state index >= 15 is 0 Å². The number of esters is 1. The molecule has 6 nitrogen and oxygen atoms in total. The number of hydrogen-bond acceptors (Lipinski definition) is 7. The molecule has 0 radical (unpaired) electrons. The van der Waals surface area contributed by atoms with E-state index < -0.39 is 0 Å². The number of thioether (sulfide) groups is 1. The molecular formula is C22H28BrNO5S2. The monoisotopic (exact) mass is 529 g/mol. The maximum atomic E-state index is 12.8. The molecule has 1 heterocycles.